The molecule has 0 aromatic carbocycles. The van der Waals surface area contributed by atoms with E-state index in [1.54, 1.807) is 0 Å². The number of rotatable bonds is 3. The van der Waals surface area contributed by atoms with Crippen LogP contribution in [0.2, 0.25) is 5.02 Å². The first kappa shape index (κ1) is 11.4. The lowest BCUT2D eigenvalue weighted by Gasteiger charge is -2.01. The number of hydrogen-bond donors (Lipinski definition) is 1. The molecule has 0 unspecified atom stereocenters. The summed E-state index contributed by atoms with van der Waals surface area (Å²) in [5.74, 6) is -0.996. The summed E-state index contributed by atoms with van der Waals surface area (Å²) in [6.45, 7) is 0.0830. The van der Waals surface area contributed by atoms with Gasteiger partial charge in [0.05, 0.1) is 17.8 Å². The predicted octanol–water partition coefficient (Wildman–Crippen LogP) is 1.24. The molecular weight excluding hydrogens is 248 g/mol. The van der Waals surface area contributed by atoms with Gasteiger partial charge in [0.2, 0.25) is 5.76 Å². The fourth-order valence-corrected chi connectivity index (χ4v) is 1.45. The SMILES string of the molecule is O=C(O)c1ccc(Cn2cc(Cl)cnc2=O)o1. The third kappa shape index (κ3) is 2.54. The quantitative estimate of drug-likeness (QED) is 0.891. The molecule has 0 saturated heterocycles. The van der Waals surface area contributed by atoms with E-state index in [-0.39, 0.29) is 12.3 Å². The first-order valence-electron chi connectivity index (χ1n) is 4.60. The highest BCUT2D eigenvalue weighted by Crippen LogP contribution is 2.10. The van der Waals surface area contributed by atoms with Gasteiger partial charge in [-0.3, -0.25) is 4.57 Å². The van der Waals surface area contributed by atoms with Crippen LogP contribution in [0.25, 0.3) is 0 Å². The smallest absolute Gasteiger partial charge is 0.371 e. The highest BCUT2D eigenvalue weighted by atomic mass is 35.5. The second kappa shape index (κ2) is 4.42. The molecule has 2 aromatic heterocycles. The van der Waals surface area contributed by atoms with Crippen molar-refractivity contribution in [2.45, 2.75) is 6.54 Å². The predicted molar refractivity (Wildman–Crippen MR) is 58.3 cm³/mol. The summed E-state index contributed by atoms with van der Waals surface area (Å²) in [7, 11) is 0. The maximum Gasteiger partial charge on any atom is 0.371 e. The van der Waals surface area contributed by atoms with Crippen LogP contribution < -0.4 is 5.69 Å². The van der Waals surface area contributed by atoms with Crippen molar-refractivity contribution < 1.29 is 14.3 Å². The third-order valence-corrected chi connectivity index (χ3v) is 2.22. The van der Waals surface area contributed by atoms with Crippen LogP contribution in [0, 0.1) is 0 Å². The van der Waals surface area contributed by atoms with E-state index in [0.717, 1.165) is 0 Å². The Morgan fingerprint density at radius 1 is 1.53 bits per heavy atom. The molecular formula is C10H7ClN2O4. The first-order chi connectivity index (χ1) is 8.06. The zero-order valence-electron chi connectivity index (χ0n) is 8.46. The lowest BCUT2D eigenvalue weighted by atomic mass is 10.4. The molecule has 2 rings (SSSR count). The van der Waals surface area contributed by atoms with Crippen molar-refractivity contribution in [3.63, 3.8) is 0 Å². The molecule has 88 valence electrons. The summed E-state index contributed by atoms with van der Waals surface area (Å²) >= 11 is 5.69. The molecule has 0 aliphatic rings. The van der Waals surface area contributed by atoms with Gasteiger partial charge in [0, 0.05) is 6.20 Å². The van der Waals surface area contributed by atoms with Crippen LogP contribution in [0.3, 0.4) is 0 Å². The molecule has 0 fully saturated rings. The molecule has 0 aliphatic heterocycles. The van der Waals surface area contributed by atoms with Gasteiger partial charge in [0.1, 0.15) is 5.76 Å². The van der Waals surface area contributed by atoms with Crippen LogP contribution >= 0.6 is 11.6 Å². The first-order valence-corrected chi connectivity index (χ1v) is 4.98. The highest BCUT2D eigenvalue weighted by Gasteiger charge is 2.09. The lowest BCUT2D eigenvalue weighted by molar-refractivity contribution is 0.0660. The van der Waals surface area contributed by atoms with Crippen molar-refractivity contribution in [1.29, 1.82) is 0 Å². The monoisotopic (exact) mass is 254 g/mol. The van der Waals surface area contributed by atoms with E-state index in [4.69, 9.17) is 21.1 Å². The maximum absolute atomic E-state index is 11.4. The number of carbonyl (C=O) groups is 1. The van der Waals surface area contributed by atoms with Gasteiger partial charge in [-0.2, -0.15) is 0 Å². The topological polar surface area (TPSA) is 85.3 Å². The van der Waals surface area contributed by atoms with Gasteiger partial charge < -0.3 is 9.52 Å². The summed E-state index contributed by atoms with van der Waals surface area (Å²) < 4.78 is 6.24. The Kier molecular flexibility index (Phi) is 2.97. The average Bonchev–Trinajstić information content (AvgIpc) is 2.72. The van der Waals surface area contributed by atoms with Gasteiger partial charge in [-0.1, -0.05) is 11.6 Å². The van der Waals surface area contributed by atoms with Crippen LogP contribution in [0.1, 0.15) is 16.3 Å². The van der Waals surface area contributed by atoms with E-state index in [1.807, 2.05) is 0 Å². The molecule has 0 radical (unpaired) electrons. The Morgan fingerprint density at radius 2 is 2.29 bits per heavy atom. The van der Waals surface area contributed by atoms with Gasteiger partial charge >= 0.3 is 11.7 Å². The summed E-state index contributed by atoms with van der Waals surface area (Å²) in [5, 5.41) is 8.98. The number of hydrogen-bond acceptors (Lipinski definition) is 4. The zero-order valence-corrected chi connectivity index (χ0v) is 9.22. The molecule has 0 spiro atoms. The number of carboxylic acids is 1. The van der Waals surface area contributed by atoms with Gasteiger partial charge in [-0.15, -0.1) is 0 Å². The molecule has 2 aromatic rings. The van der Waals surface area contributed by atoms with Crippen LogP contribution in [0.15, 0.2) is 33.7 Å². The minimum Gasteiger partial charge on any atom is -0.475 e. The Labute approximate surface area is 100 Å². The summed E-state index contributed by atoms with van der Waals surface area (Å²) in [4.78, 5) is 25.5. The van der Waals surface area contributed by atoms with Crippen molar-refractivity contribution in [1.82, 2.24) is 9.55 Å². The van der Waals surface area contributed by atoms with E-state index in [9.17, 15) is 9.59 Å². The average molecular weight is 255 g/mol. The molecule has 0 atom stereocenters. The molecule has 6 nitrogen and oxygen atoms in total. The van der Waals surface area contributed by atoms with Crippen LogP contribution in [-0.4, -0.2) is 20.6 Å². The Hall–Kier alpha value is -2.08. The molecule has 0 bridgehead atoms. The normalized spacial score (nSPS) is 10.4. The van der Waals surface area contributed by atoms with E-state index >= 15 is 0 Å². The molecule has 0 saturated carbocycles. The summed E-state index contributed by atoms with van der Waals surface area (Å²) in [6, 6.07) is 2.80. The van der Waals surface area contributed by atoms with Gasteiger partial charge in [-0.05, 0) is 12.1 Å². The van der Waals surface area contributed by atoms with Crippen molar-refractivity contribution in [2.75, 3.05) is 0 Å². The van der Waals surface area contributed by atoms with Gasteiger partial charge in [-0.25, -0.2) is 14.6 Å². The molecule has 2 heterocycles. The number of carboxylic acid groups (broad SMARTS) is 1. The highest BCUT2D eigenvalue weighted by molar-refractivity contribution is 6.30. The number of furan rings is 1. The number of nitrogens with zero attached hydrogens (tertiary/aromatic N) is 2. The number of aromatic carboxylic acids is 1. The largest absolute Gasteiger partial charge is 0.475 e. The van der Waals surface area contributed by atoms with Gasteiger partial charge in [0.15, 0.2) is 0 Å². The van der Waals surface area contributed by atoms with Crippen LogP contribution in [-0.2, 0) is 6.54 Å². The minimum atomic E-state index is -1.16. The fourth-order valence-electron chi connectivity index (χ4n) is 1.29. The lowest BCUT2D eigenvalue weighted by Crippen LogP contribution is -2.22. The number of aromatic nitrogens is 2. The van der Waals surface area contributed by atoms with Crippen molar-refractivity contribution in [3.05, 3.63) is 51.6 Å². The van der Waals surface area contributed by atoms with E-state index in [2.05, 4.69) is 4.98 Å². The molecule has 17 heavy (non-hydrogen) atoms. The van der Waals surface area contributed by atoms with Crippen molar-refractivity contribution >= 4 is 17.6 Å². The molecule has 1 N–H and O–H groups in total. The van der Waals surface area contributed by atoms with Crippen molar-refractivity contribution in [2.24, 2.45) is 0 Å². The number of halogens is 1. The molecule has 7 heteroatoms. The summed E-state index contributed by atoms with van der Waals surface area (Å²) in [6.07, 6.45) is 2.64. The second-order valence-corrected chi connectivity index (χ2v) is 3.69. The molecule has 0 amide bonds. The summed E-state index contributed by atoms with van der Waals surface area (Å²) in [5.41, 5.74) is -0.484. The van der Waals surface area contributed by atoms with Gasteiger partial charge in [0.25, 0.3) is 0 Å². The Bertz CT molecular complexity index is 617. The van der Waals surface area contributed by atoms with E-state index in [1.165, 1.54) is 29.1 Å². The Balaban J connectivity index is 2.28. The van der Waals surface area contributed by atoms with Crippen LogP contribution in [0.4, 0.5) is 0 Å². The third-order valence-electron chi connectivity index (χ3n) is 2.02. The maximum atomic E-state index is 11.4. The van der Waals surface area contributed by atoms with E-state index < -0.39 is 11.7 Å². The Morgan fingerprint density at radius 3 is 2.94 bits per heavy atom. The minimum absolute atomic E-state index is 0.0830. The standard InChI is InChI=1S/C10H7ClN2O4/c11-6-3-12-10(16)13(4-6)5-7-1-2-8(17-7)9(14)15/h1-4H,5H2,(H,14,15). The second-order valence-electron chi connectivity index (χ2n) is 3.25. The van der Waals surface area contributed by atoms with Crippen LogP contribution in [0.5, 0.6) is 0 Å². The fraction of sp³-hybridized carbons (Fsp3) is 0.100. The van der Waals surface area contributed by atoms with Crippen molar-refractivity contribution in [3.8, 4) is 0 Å². The zero-order chi connectivity index (χ0) is 12.4. The molecule has 0 aliphatic carbocycles. The van der Waals surface area contributed by atoms with E-state index in [0.29, 0.717) is 10.8 Å².